The lowest BCUT2D eigenvalue weighted by molar-refractivity contribution is 0.374. The highest BCUT2D eigenvalue weighted by Gasteiger charge is 2.15. The fourth-order valence-electron chi connectivity index (χ4n) is 2.38. The highest BCUT2D eigenvalue weighted by Crippen LogP contribution is 2.24. The molecule has 1 aliphatic heterocycles. The van der Waals surface area contributed by atoms with Crippen molar-refractivity contribution in [1.82, 2.24) is 15.3 Å². The molecule has 3 heterocycles. The Bertz CT molecular complexity index is 455. The first-order valence-corrected chi connectivity index (χ1v) is 7.08. The van der Waals surface area contributed by atoms with Crippen molar-refractivity contribution in [3.8, 4) is 10.7 Å². The molecule has 4 heteroatoms. The molecule has 1 unspecified atom stereocenters. The number of rotatable bonds is 3. The van der Waals surface area contributed by atoms with Gasteiger partial charge in [-0.15, -0.1) is 11.3 Å². The molecule has 0 saturated carbocycles. The summed E-state index contributed by atoms with van der Waals surface area (Å²) >= 11 is 1.73. The molecule has 17 heavy (non-hydrogen) atoms. The van der Waals surface area contributed by atoms with Gasteiger partial charge in [-0.05, 0) is 50.4 Å². The monoisotopic (exact) mass is 247 g/mol. The molecule has 0 aliphatic carbocycles. The Balaban J connectivity index is 1.68. The second-order valence-corrected chi connectivity index (χ2v) is 5.50. The number of hydrogen-bond acceptors (Lipinski definition) is 3. The largest absolute Gasteiger partial charge is 0.359 e. The molecule has 90 valence electrons. The Morgan fingerprint density at radius 1 is 1.47 bits per heavy atom. The number of piperidine rings is 1. The Morgan fingerprint density at radius 2 is 2.47 bits per heavy atom. The van der Waals surface area contributed by atoms with E-state index in [4.69, 9.17) is 4.98 Å². The molecule has 1 atom stereocenters. The highest BCUT2D eigenvalue weighted by molar-refractivity contribution is 7.13. The average Bonchev–Trinajstić information content (AvgIpc) is 3.00. The summed E-state index contributed by atoms with van der Waals surface area (Å²) in [5.41, 5.74) is 2.37. The second kappa shape index (κ2) is 5.02. The van der Waals surface area contributed by atoms with Crippen LogP contribution in [0.25, 0.3) is 10.7 Å². The van der Waals surface area contributed by atoms with Crippen LogP contribution in [-0.4, -0.2) is 23.1 Å². The maximum Gasteiger partial charge on any atom is 0.139 e. The smallest absolute Gasteiger partial charge is 0.139 e. The molecule has 0 bridgehead atoms. The summed E-state index contributed by atoms with van der Waals surface area (Å²) in [4.78, 5) is 7.91. The Labute approximate surface area is 105 Å². The molecule has 2 N–H and O–H groups in total. The fraction of sp³-hybridized carbons (Fsp3) is 0.462. The third-order valence-electron chi connectivity index (χ3n) is 3.28. The van der Waals surface area contributed by atoms with Gasteiger partial charge in [-0.1, -0.05) is 0 Å². The Hall–Kier alpha value is -1.13. The van der Waals surface area contributed by atoms with Gasteiger partial charge in [0.05, 0.1) is 11.4 Å². The van der Waals surface area contributed by atoms with Crippen molar-refractivity contribution >= 4 is 11.3 Å². The van der Waals surface area contributed by atoms with E-state index in [1.807, 2.05) is 12.3 Å². The molecule has 2 aromatic rings. The quantitative estimate of drug-likeness (QED) is 0.875. The molecule has 3 rings (SSSR count). The maximum atomic E-state index is 4.71. The van der Waals surface area contributed by atoms with Crippen LogP contribution in [0.15, 0.2) is 23.7 Å². The summed E-state index contributed by atoms with van der Waals surface area (Å²) < 4.78 is 0. The molecule has 0 radical (unpaired) electrons. The van der Waals surface area contributed by atoms with Crippen LogP contribution < -0.4 is 5.32 Å². The Morgan fingerprint density at radius 3 is 3.24 bits per heavy atom. The lowest BCUT2D eigenvalue weighted by Gasteiger charge is -2.21. The van der Waals surface area contributed by atoms with Gasteiger partial charge in [0.25, 0.3) is 0 Å². The molecule has 3 nitrogen and oxygen atoms in total. The number of nitrogens with zero attached hydrogens (tertiary/aromatic N) is 1. The zero-order valence-electron chi connectivity index (χ0n) is 9.78. The fourth-order valence-corrected chi connectivity index (χ4v) is 3.20. The number of H-pyrrole nitrogens is 1. The van der Waals surface area contributed by atoms with Crippen LogP contribution in [0.2, 0.25) is 0 Å². The van der Waals surface area contributed by atoms with Gasteiger partial charge in [0, 0.05) is 11.6 Å². The standard InChI is InChI=1S/C13H17N3S/c1-3-10(8-14-5-1)7-11-9-17-13(16-11)12-4-2-6-15-12/h2,4,6,9-10,14-15H,1,3,5,7-8H2. The molecule has 0 spiro atoms. The number of nitrogens with one attached hydrogen (secondary N) is 2. The van der Waals surface area contributed by atoms with E-state index in [0.717, 1.165) is 29.6 Å². The van der Waals surface area contributed by atoms with Gasteiger partial charge in [0.15, 0.2) is 0 Å². The lowest BCUT2D eigenvalue weighted by Crippen LogP contribution is -2.30. The molecular weight excluding hydrogens is 230 g/mol. The van der Waals surface area contributed by atoms with Gasteiger partial charge in [0.2, 0.25) is 0 Å². The summed E-state index contributed by atoms with van der Waals surface area (Å²) in [6, 6.07) is 4.09. The molecule has 1 aliphatic rings. The normalized spacial score (nSPS) is 20.6. The van der Waals surface area contributed by atoms with E-state index in [9.17, 15) is 0 Å². The predicted octanol–water partition coefficient (Wildman–Crippen LogP) is 2.68. The number of hydrogen-bond donors (Lipinski definition) is 2. The van der Waals surface area contributed by atoms with Crippen molar-refractivity contribution in [2.24, 2.45) is 5.92 Å². The topological polar surface area (TPSA) is 40.7 Å². The lowest BCUT2D eigenvalue weighted by atomic mass is 9.95. The van der Waals surface area contributed by atoms with E-state index in [1.54, 1.807) is 11.3 Å². The van der Waals surface area contributed by atoms with Crippen LogP contribution >= 0.6 is 11.3 Å². The van der Waals surface area contributed by atoms with Crippen LogP contribution in [-0.2, 0) is 6.42 Å². The van der Waals surface area contributed by atoms with Crippen molar-refractivity contribution in [1.29, 1.82) is 0 Å². The first-order valence-electron chi connectivity index (χ1n) is 6.21. The van der Waals surface area contributed by atoms with Crippen LogP contribution in [0.3, 0.4) is 0 Å². The van der Waals surface area contributed by atoms with Crippen LogP contribution in [0, 0.1) is 5.92 Å². The van der Waals surface area contributed by atoms with Gasteiger partial charge < -0.3 is 10.3 Å². The van der Waals surface area contributed by atoms with Gasteiger partial charge >= 0.3 is 0 Å². The number of aromatic nitrogens is 2. The molecule has 0 amide bonds. The highest BCUT2D eigenvalue weighted by atomic mass is 32.1. The molecule has 1 fully saturated rings. The van der Waals surface area contributed by atoms with E-state index in [-0.39, 0.29) is 0 Å². The third kappa shape index (κ3) is 2.58. The van der Waals surface area contributed by atoms with Gasteiger partial charge in [0.1, 0.15) is 5.01 Å². The molecule has 0 aromatic carbocycles. The first kappa shape index (κ1) is 11.0. The zero-order chi connectivity index (χ0) is 11.5. The zero-order valence-corrected chi connectivity index (χ0v) is 10.6. The summed E-state index contributed by atoms with van der Waals surface area (Å²) in [6.07, 6.45) is 5.70. The van der Waals surface area contributed by atoms with Crippen LogP contribution in [0.5, 0.6) is 0 Å². The van der Waals surface area contributed by atoms with Crippen molar-refractivity contribution in [2.75, 3.05) is 13.1 Å². The number of aromatic amines is 1. The molecule has 1 saturated heterocycles. The van der Waals surface area contributed by atoms with E-state index in [0.29, 0.717) is 0 Å². The van der Waals surface area contributed by atoms with Crippen LogP contribution in [0.4, 0.5) is 0 Å². The minimum atomic E-state index is 0.766. The van der Waals surface area contributed by atoms with Gasteiger partial charge in [-0.3, -0.25) is 0 Å². The minimum Gasteiger partial charge on any atom is -0.359 e. The van der Waals surface area contributed by atoms with Gasteiger partial charge in [-0.25, -0.2) is 4.98 Å². The van der Waals surface area contributed by atoms with Crippen molar-refractivity contribution in [2.45, 2.75) is 19.3 Å². The first-order chi connectivity index (χ1) is 8.42. The summed E-state index contributed by atoms with van der Waals surface area (Å²) in [6.45, 7) is 2.33. The molecular formula is C13H17N3S. The van der Waals surface area contributed by atoms with Crippen LogP contribution in [0.1, 0.15) is 18.5 Å². The predicted molar refractivity (Wildman–Crippen MR) is 71.2 cm³/mol. The van der Waals surface area contributed by atoms with E-state index < -0.39 is 0 Å². The van der Waals surface area contributed by atoms with Crippen molar-refractivity contribution < 1.29 is 0 Å². The SMILES string of the molecule is c1c[nH]c(-c2nc(CC3CCCNC3)cs2)c1. The summed E-state index contributed by atoms with van der Waals surface area (Å²) in [5, 5.41) is 6.76. The van der Waals surface area contributed by atoms with Crippen molar-refractivity contribution in [3.63, 3.8) is 0 Å². The van der Waals surface area contributed by atoms with Crippen molar-refractivity contribution in [3.05, 3.63) is 29.4 Å². The van der Waals surface area contributed by atoms with E-state index in [1.165, 1.54) is 25.1 Å². The van der Waals surface area contributed by atoms with Gasteiger partial charge in [-0.2, -0.15) is 0 Å². The minimum absolute atomic E-state index is 0.766. The van der Waals surface area contributed by atoms with E-state index in [2.05, 4.69) is 21.7 Å². The maximum absolute atomic E-state index is 4.71. The average molecular weight is 247 g/mol. The third-order valence-corrected chi connectivity index (χ3v) is 4.20. The second-order valence-electron chi connectivity index (χ2n) is 4.64. The Kier molecular flexibility index (Phi) is 3.25. The summed E-state index contributed by atoms with van der Waals surface area (Å²) in [7, 11) is 0. The molecule has 2 aromatic heterocycles. The van der Waals surface area contributed by atoms with E-state index >= 15 is 0 Å². The number of thiazole rings is 1. The summed E-state index contributed by atoms with van der Waals surface area (Å²) in [5.74, 6) is 0.766.